The van der Waals surface area contributed by atoms with Crippen LogP contribution in [0.5, 0.6) is 0 Å². The van der Waals surface area contributed by atoms with E-state index in [1.54, 1.807) is 0 Å². The summed E-state index contributed by atoms with van der Waals surface area (Å²) < 4.78 is 5.67. The largest absolute Gasteiger partial charge is 0.370 e. The molecule has 1 aromatic carbocycles. The maximum absolute atomic E-state index is 12.1. The van der Waals surface area contributed by atoms with E-state index in [2.05, 4.69) is 20.6 Å². The lowest BCUT2D eigenvalue weighted by Gasteiger charge is -2.10. The highest BCUT2D eigenvalue weighted by molar-refractivity contribution is 5.93. The van der Waals surface area contributed by atoms with Crippen molar-refractivity contribution in [2.24, 2.45) is 0 Å². The first kappa shape index (κ1) is 20.0. The zero-order valence-corrected chi connectivity index (χ0v) is 15.5. The molecule has 1 amide bonds. The normalized spacial score (nSPS) is 22.4. The molecule has 3 N–H and O–H groups in total. The van der Waals surface area contributed by atoms with Crippen molar-refractivity contribution in [1.29, 1.82) is 0 Å². The molecule has 0 bridgehead atoms. The van der Waals surface area contributed by atoms with Crippen LogP contribution < -0.4 is 10.6 Å². The van der Waals surface area contributed by atoms with Crippen LogP contribution in [0.4, 0.5) is 5.69 Å². The predicted molar refractivity (Wildman–Crippen MR) is 103 cm³/mol. The number of benzene rings is 1. The van der Waals surface area contributed by atoms with Crippen molar-refractivity contribution in [3.8, 4) is 0 Å². The van der Waals surface area contributed by atoms with Gasteiger partial charge in [0.2, 0.25) is 5.91 Å². The van der Waals surface area contributed by atoms with Crippen LogP contribution in [-0.4, -0.2) is 35.1 Å². The number of amides is 1. The van der Waals surface area contributed by atoms with Crippen LogP contribution in [-0.2, 0) is 9.53 Å². The molecule has 6 nitrogen and oxygen atoms in total. The van der Waals surface area contributed by atoms with Crippen molar-refractivity contribution < 1.29 is 9.53 Å². The van der Waals surface area contributed by atoms with Gasteiger partial charge < -0.3 is 20.4 Å². The van der Waals surface area contributed by atoms with Gasteiger partial charge in [0.15, 0.2) is 0 Å². The molecule has 4 rings (SSSR count). The van der Waals surface area contributed by atoms with Gasteiger partial charge >= 0.3 is 0 Å². The fourth-order valence-electron chi connectivity index (χ4n) is 3.42. The minimum Gasteiger partial charge on any atom is -0.370 e. The number of aromatic amines is 1. The second-order valence-electron chi connectivity index (χ2n) is 6.40. The van der Waals surface area contributed by atoms with E-state index in [4.69, 9.17) is 4.74 Å². The fourth-order valence-corrected chi connectivity index (χ4v) is 3.42. The Bertz CT molecular complexity index is 710. The first-order valence-corrected chi connectivity index (χ1v) is 8.42. The van der Waals surface area contributed by atoms with Gasteiger partial charge in [-0.3, -0.25) is 4.79 Å². The molecule has 2 aromatic rings. The van der Waals surface area contributed by atoms with E-state index >= 15 is 0 Å². The minimum atomic E-state index is 0. The molecular formula is C17H24Cl2N4O2. The topological polar surface area (TPSA) is 79.0 Å². The smallest absolute Gasteiger partial charge is 0.225 e. The first-order valence-electron chi connectivity index (χ1n) is 8.42. The summed E-state index contributed by atoms with van der Waals surface area (Å²) in [5.41, 5.74) is 2.65. The van der Waals surface area contributed by atoms with Gasteiger partial charge in [0.05, 0.1) is 11.0 Å². The number of H-pyrrole nitrogens is 1. The maximum Gasteiger partial charge on any atom is 0.225 e. The summed E-state index contributed by atoms with van der Waals surface area (Å²) in [6.07, 6.45) is 4.94. The van der Waals surface area contributed by atoms with Gasteiger partial charge in [0, 0.05) is 24.8 Å². The molecule has 0 aliphatic carbocycles. The van der Waals surface area contributed by atoms with Crippen LogP contribution in [0.1, 0.15) is 44.0 Å². The highest BCUT2D eigenvalue weighted by atomic mass is 35.5. The number of carbonyl (C=O) groups excluding carboxylic acids is 1. The number of imidazole rings is 1. The molecule has 138 valence electrons. The summed E-state index contributed by atoms with van der Waals surface area (Å²) in [7, 11) is 0. The Morgan fingerprint density at radius 2 is 2.16 bits per heavy atom. The van der Waals surface area contributed by atoms with Crippen LogP contribution >= 0.6 is 24.8 Å². The summed E-state index contributed by atoms with van der Waals surface area (Å²) in [6.45, 7) is 1.82. The summed E-state index contributed by atoms with van der Waals surface area (Å²) in [5, 5.41) is 6.33. The van der Waals surface area contributed by atoms with Crippen molar-refractivity contribution in [3.63, 3.8) is 0 Å². The third kappa shape index (κ3) is 4.64. The quantitative estimate of drug-likeness (QED) is 0.752. The molecule has 0 spiro atoms. The van der Waals surface area contributed by atoms with Crippen LogP contribution in [0.25, 0.3) is 11.0 Å². The molecule has 2 aliphatic heterocycles. The fraction of sp³-hybridized carbons (Fsp3) is 0.529. The Hall–Kier alpha value is -1.34. The Kier molecular flexibility index (Phi) is 7.07. The van der Waals surface area contributed by atoms with Crippen molar-refractivity contribution in [1.82, 2.24) is 15.3 Å². The van der Waals surface area contributed by atoms with E-state index in [-0.39, 0.29) is 36.8 Å². The number of rotatable bonds is 4. The van der Waals surface area contributed by atoms with Crippen LogP contribution in [0.15, 0.2) is 18.2 Å². The van der Waals surface area contributed by atoms with Gasteiger partial charge in [0.25, 0.3) is 0 Å². The number of hydrogen-bond acceptors (Lipinski definition) is 4. The molecule has 25 heavy (non-hydrogen) atoms. The predicted octanol–water partition coefficient (Wildman–Crippen LogP) is 3.34. The number of anilines is 1. The Labute approximate surface area is 159 Å². The van der Waals surface area contributed by atoms with Gasteiger partial charge in [-0.25, -0.2) is 4.98 Å². The Balaban J connectivity index is 0.00000113. The summed E-state index contributed by atoms with van der Waals surface area (Å²) in [5.74, 6) is 0.943. The summed E-state index contributed by atoms with van der Waals surface area (Å²) in [6, 6.07) is 6.11. The minimum absolute atomic E-state index is 0. The lowest BCUT2D eigenvalue weighted by Crippen LogP contribution is -2.27. The molecule has 2 unspecified atom stereocenters. The molecule has 2 atom stereocenters. The number of carbonyl (C=O) groups is 1. The van der Waals surface area contributed by atoms with Crippen LogP contribution in [0, 0.1) is 0 Å². The van der Waals surface area contributed by atoms with Crippen LogP contribution in [0.2, 0.25) is 0 Å². The SMILES string of the molecule is Cl.Cl.O=C(CC1CCCN1)Nc1ccc2nc(C3CCCO3)[nH]c2c1. The third-order valence-corrected chi connectivity index (χ3v) is 4.61. The number of aromatic nitrogens is 2. The number of halogens is 2. The number of fused-ring (bicyclic) bond motifs is 1. The van der Waals surface area contributed by atoms with E-state index in [1.165, 1.54) is 0 Å². The molecule has 0 saturated carbocycles. The zero-order valence-electron chi connectivity index (χ0n) is 13.9. The average Bonchev–Trinajstić information content (AvgIpc) is 3.27. The number of ether oxygens (including phenoxy) is 1. The van der Waals surface area contributed by atoms with E-state index in [9.17, 15) is 4.79 Å². The second kappa shape index (κ2) is 8.85. The number of nitrogens with one attached hydrogen (secondary N) is 3. The molecule has 8 heteroatoms. The maximum atomic E-state index is 12.1. The van der Waals surface area contributed by atoms with Crippen molar-refractivity contribution in [3.05, 3.63) is 24.0 Å². The van der Waals surface area contributed by atoms with E-state index in [0.717, 1.165) is 61.4 Å². The molecule has 1 aromatic heterocycles. The van der Waals surface area contributed by atoms with Gasteiger partial charge in [-0.2, -0.15) is 0 Å². The Morgan fingerprint density at radius 3 is 2.88 bits per heavy atom. The molecule has 3 heterocycles. The van der Waals surface area contributed by atoms with Gasteiger partial charge in [-0.05, 0) is 50.4 Å². The number of nitrogens with zero attached hydrogens (tertiary/aromatic N) is 1. The van der Waals surface area contributed by atoms with Crippen molar-refractivity contribution in [2.45, 2.75) is 44.2 Å². The molecule has 0 radical (unpaired) electrons. The average molecular weight is 387 g/mol. The van der Waals surface area contributed by atoms with Crippen molar-refractivity contribution >= 4 is 47.4 Å². The van der Waals surface area contributed by atoms with Crippen molar-refractivity contribution in [2.75, 3.05) is 18.5 Å². The molecule has 2 saturated heterocycles. The first-order chi connectivity index (χ1) is 11.3. The second-order valence-corrected chi connectivity index (χ2v) is 6.40. The standard InChI is InChI=1S/C17H22N4O2.2ClH/c22-16(10-11-3-1-7-18-11)19-12-5-6-13-14(9-12)21-17(20-13)15-4-2-8-23-15;;/h5-6,9,11,15,18H,1-4,7-8,10H2,(H,19,22)(H,20,21);2*1H. The highest BCUT2D eigenvalue weighted by Gasteiger charge is 2.21. The Morgan fingerprint density at radius 1 is 1.28 bits per heavy atom. The third-order valence-electron chi connectivity index (χ3n) is 4.61. The summed E-state index contributed by atoms with van der Waals surface area (Å²) >= 11 is 0. The zero-order chi connectivity index (χ0) is 15.6. The number of hydrogen-bond donors (Lipinski definition) is 3. The highest BCUT2D eigenvalue weighted by Crippen LogP contribution is 2.28. The van der Waals surface area contributed by atoms with E-state index in [1.807, 2.05) is 18.2 Å². The van der Waals surface area contributed by atoms with E-state index < -0.39 is 0 Å². The molecule has 2 fully saturated rings. The monoisotopic (exact) mass is 386 g/mol. The van der Waals surface area contributed by atoms with Gasteiger partial charge in [0.1, 0.15) is 11.9 Å². The van der Waals surface area contributed by atoms with Crippen LogP contribution in [0.3, 0.4) is 0 Å². The lowest BCUT2D eigenvalue weighted by atomic mass is 10.1. The van der Waals surface area contributed by atoms with E-state index in [0.29, 0.717) is 12.5 Å². The van der Waals surface area contributed by atoms with Gasteiger partial charge in [-0.1, -0.05) is 0 Å². The van der Waals surface area contributed by atoms with Gasteiger partial charge in [-0.15, -0.1) is 24.8 Å². The molecular weight excluding hydrogens is 363 g/mol. The molecule has 2 aliphatic rings. The summed E-state index contributed by atoms with van der Waals surface area (Å²) in [4.78, 5) is 20.0. The lowest BCUT2D eigenvalue weighted by molar-refractivity contribution is -0.116.